The van der Waals surface area contributed by atoms with Crippen molar-refractivity contribution in [2.45, 2.75) is 91.3 Å². The van der Waals surface area contributed by atoms with E-state index in [2.05, 4.69) is 20.8 Å². The quantitative estimate of drug-likeness (QED) is 0.651. The molecule has 25 heavy (non-hydrogen) atoms. The van der Waals surface area contributed by atoms with Crippen LogP contribution in [0.1, 0.15) is 79.1 Å². The van der Waals surface area contributed by atoms with Crippen molar-refractivity contribution in [3.63, 3.8) is 0 Å². The van der Waals surface area contributed by atoms with Crippen molar-refractivity contribution < 1.29 is 23.9 Å². The SMILES string of the molecule is CC(=O)O[C@@H]1CCC(=O)C2(CC(=O)O[C@@H]2C[C@@H](C)CCCC(C)C)C1. The number of ketones is 1. The topological polar surface area (TPSA) is 69.7 Å². The first-order valence-electron chi connectivity index (χ1n) is 9.63. The van der Waals surface area contributed by atoms with Crippen LogP contribution in [-0.4, -0.2) is 29.9 Å². The number of esters is 2. The fraction of sp³-hybridized carbons (Fsp3) is 0.850. The fourth-order valence-electron chi connectivity index (χ4n) is 4.30. The second-order valence-electron chi connectivity index (χ2n) is 8.37. The molecule has 4 atom stereocenters. The van der Waals surface area contributed by atoms with Crippen molar-refractivity contribution in [2.75, 3.05) is 0 Å². The Kier molecular flexibility index (Phi) is 6.64. The van der Waals surface area contributed by atoms with E-state index in [1.807, 2.05) is 0 Å². The Hall–Kier alpha value is -1.39. The van der Waals surface area contributed by atoms with Crippen LogP contribution in [0, 0.1) is 17.3 Å². The Morgan fingerprint density at radius 2 is 2.00 bits per heavy atom. The van der Waals surface area contributed by atoms with Gasteiger partial charge in [-0.2, -0.15) is 0 Å². The third kappa shape index (κ3) is 5.05. The summed E-state index contributed by atoms with van der Waals surface area (Å²) in [6.07, 6.45) is 4.91. The van der Waals surface area contributed by atoms with E-state index in [4.69, 9.17) is 9.47 Å². The predicted molar refractivity (Wildman–Crippen MR) is 93.8 cm³/mol. The van der Waals surface area contributed by atoms with E-state index < -0.39 is 5.41 Å². The number of hydrogen-bond donors (Lipinski definition) is 0. The van der Waals surface area contributed by atoms with Crippen LogP contribution in [0.3, 0.4) is 0 Å². The van der Waals surface area contributed by atoms with Gasteiger partial charge >= 0.3 is 11.9 Å². The molecule has 1 saturated heterocycles. The molecule has 0 N–H and O–H groups in total. The summed E-state index contributed by atoms with van der Waals surface area (Å²) in [5, 5.41) is 0. The van der Waals surface area contributed by atoms with Crippen molar-refractivity contribution >= 4 is 17.7 Å². The lowest BCUT2D eigenvalue weighted by atomic mass is 9.66. The summed E-state index contributed by atoms with van der Waals surface area (Å²) in [5.74, 6) is 0.552. The molecule has 0 radical (unpaired) electrons. The maximum Gasteiger partial charge on any atom is 0.307 e. The second kappa shape index (κ2) is 8.33. The molecular formula is C20H32O5. The summed E-state index contributed by atoms with van der Waals surface area (Å²) >= 11 is 0. The van der Waals surface area contributed by atoms with Crippen LogP contribution in [0.25, 0.3) is 0 Å². The first-order valence-corrected chi connectivity index (χ1v) is 9.63. The molecule has 1 saturated carbocycles. The zero-order valence-electron chi connectivity index (χ0n) is 16.0. The summed E-state index contributed by atoms with van der Waals surface area (Å²) in [5.41, 5.74) is -0.790. The van der Waals surface area contributed by atoms with Gasteiger partial charge in [-0.25, -0.2) is 0 Å². The highest BCUT2D eigenvalue weighted by atomic mass is 16.6. The van der Waals surface area contributed by atoms with Crippen molar-refractivity contribution in [1.29, 1.82) is 0 Å². The highest BCUT2D eigenvalue weighted by Gasteiger charge is 2.57. The van der Waals surface area contributed by atoms with Gasteiger partial charge in [0.05, 0.1) is 11.8 Å². The van der Waals surface area contributed by atoms with Crippen LogP contribution < -0.4 is 0 Å². The standard InChI is InChI=1S/C20H32O5/c1-13(2)6-5-7-14(3)10-18-20(12-19(23)25-18)11-16(24-15(4)21)8-9-17(20)22/h13-14,16,18H,5-12H2,1-4H3/t14-,16+,18+,20?/m0/s1. The van der Waals surface area contributed by atoms with Gasteiger partial charge in [0.15, 0.2) is 0 Å². The van der Waals surface area contributed by atoms with Crippen LogP contribution in [0.5, 0.6) is 0 Å². The third-order valence-corrected chi connectivity index (χ3v) is 5.62. The summed E-state index contributed by atoms with van der Waals surface area (Å²) in [6, 6.07) is 0. The van der Waals surface area contributed by atoms with E-state index in [0.29, 0.717) is 37.5 Å². The number of rotatable bonds is 7. The minimum Gasteiger partial charge on any atom is -0.463 e. The van der Waals surface area contributed by atoms with Gasteiger partial charge < -0.3 is 9.47 Å². The summed E-state index contributed by atoms with van der Waals surface area (Å²) < 4.78 is 10.9. The number of Topliss-reactive ketones (excluding diaryl/α,β-unsaturated/α-hetero) is 1. The van der Waals surface area contributed by atoms with Crippen LogP contribution in [0.4, 0.5) is 0 Å². The van der Waals surface area contributed by atoms with Crippen molar-refractivity contribution in [2.24, 2.45) is 17.3 Å². The summed E-state index contributed by atoms with van der Waals surface area (Å²) in [4.78, 5) is 36.0. The third-order valence-electron chi connectivity index (χ3n) is 5.62. The van der Waals surface area contributed by atoms with Gasteiger partial charge in [0, 0.05) is 19.8 Å². The van der Waals surface area contributed by atoms with E-state index in [1.165, 1.54) is 13.3 Å². The van der Waals surface area contributed by atoms with Crippen molar-refractivity contribution in [3.8, 4) is 0 Å². The monoisotopic (exact) mass is 352 g/mol. The molecule has 1 unspecified atom stereocenters. The summed E-state index contributed by atoms with van der Waals surface area (Å²) in [7, 11) is 0. The number of carbonyl (C=O) groups is 3. The van der Waals surface area contributed by atoms with Crippen LogP contribution in [0.15, 0.2) is 0 Å². The van der Waals surface area contributed by atoms with E-state index in [-0.39, 0.29) is 36.4 Å². The van der Waals surface area contributed by atoms with Gasteiger partial charge in [-0.15, -0.1) is 0 Å². The van der Waals surface area contributed by atoms with E-state index in [1.54, 1.807) is 0 Å². The smallest absolute Gasteiger partial charge is 0.307 e. The maximum absolute atomic E-state index is 12.7. The average Bonchev–Trinajstić information content (AvgIpc) is 2.78. The zero-order chi connectivity index (χ0) is 18.6. The highest BCUT2D eigenvalue weighted by molar-refractivity contribution is 5.92. The molecule has 1 spiro atoms. The van der Waals surface area contributed by atoms with Crippen LogP contribution in [0.2, 0.25) is 0 Å². The first kappa shape index (κ1) is 19.9. The van der Waals surface area contributed by atoms with Crippen molar-refractivity contribution in [3.05, 3.63) is 0 Å². The maximum atomic E-state index is 12.7. The average molecular weight is 352 g/mol. The molecule has 2 fully saturated rings. The molecular weight excluding hydrogens is 320 g/mol. The van der Waals surface area contributed by atoms with Gasteiger partial charge in [-0.1, -0.05) is 40.0 Å². The molecule has 1 aliphatic carbocycles. The predicted octanol–water partition coefficient (Wildman–Crippen LogP) is 3.83. The largest absolute Gasteiger partial charge is 0.463 e. The van der Waals surface area contributed by atoms with Gasteiger partial charge in [-0.05, 0) is 24.7 Å². The Morgan fingerprint density at radius 3 is 2.64 bits per heavy atom. The van der Waals surface area contributed by atoms with Crippen LogP contribution in [-0.2, 0) is 23.9 Å². The van der Waals surface area contributed by atoms with Gasteiger partial charge in [-0.3, -0.25) is 14.4 Å². The molecule has 0 aromatic rings. The lowest BCUT2D eigenvalue weighted by molar-refractivity contribution is -0.157. The van der Waals surface area contributed by atoms with Crippen LogP contribution >= 0.6 is 0 Å². The minimum absolute atomic E-state index is 0.0983. The first-order chi connectivity index (χ1) is 11.7. The lowest BCUT2D eigenvalue weighted by Gasteiger charge is -2.38. The van der Waals surface area contributed by atoms with E-state index >= 15 is 0 Å². The van der Waals surface area contributed by atoms with Crippen molar-refractivity contribution in [1.82, 2.24) is 0 Å². The number of cyclic esters (lactones) is 1. The van der Waals surface area contributed by atoms with Gasteiger partial charge in [0.1, 0.15) is 18.0 Å². The lowest BCUT2D eigenvalue weighted by Crippen LogP contribution is -2.46. The molecule has 1 heterocycles. The Labute approximate surface area is 150 Å². The zero-order valence-corrected chi connectivity index (χ0v) is 16.0. The molecule has 5 heteroatoms. The molecule has 5 nitrogen and oxygen atoms in total. The second-order valence-corrected chi connectivity index (χ2v) is 8.37. The molecule has 0 aromatic carbocycles. The number of ether oxygens (including phenoxy) is 2. The van der Waals surface area contributed by atoms with E-state index in [0.717, 1.165) is 12.8 Å². The number of carbonyl (C=O) groups excluding carboxylic acids is 3. The highest BCUT2D eigenvalue weighted by Crippen LogP contribution is 2.48. The normalized spacial score (nSPS) is 30.6. The Morgan fingerprint density at radius 1 is 1.28 bits per heavy atom. The minimum atomic E-state index is -0.790. The molecule has 1 aliphatic heterocycles. The Bertz CT molecular complexity index is 512. The van der Waals surface area contributed by atoms with Gasteiger partial charge in [0.25, 0.3) is 0 Å². The molecule has 2 aliphatic rings. The molecule has 0 amide bonds. The Balaban J connectivity index is 2.04. The van der Waals surface area contributed by atoms with Gasteiger partial charge in [0.2, 0.25) is 0 Å². The molecule has 0 bridgehead atoms. The van der Waals surface area contributed by atoms with E-state index in [9.17, 15) is 14.4 Å². The fourth-order valence-corrected chi connectivity index (χ4v) is 4.30. The molecule has 142 valence electrons. The molecule has 2 rings (SSSR count). The summed E-state index contributed by atoms with van der Waals surface area (Å²) in [6.45, 7) is 7.98. The molecule has 0 aromatic heterocycles. The number of hydrogen-bond acceptors (Lipinski definition) is 5.